The van der Waals surface area contributed by atoms with Gasteiger partial charge in [-0.15, -0.1) is 0 Å². The number of carbonyl (C=O) groups is 1. The molecule has 142 valence electrons. The van der Waals surface area contributed by atoms with Gasteiger partial charge in [-0.25, -0.2) is 9.97 Å². The van der Waals surface area contributed by atoms with Crippen LogP contribution >= 0.6 is 0 Å². The molecule has 0 spiro atoms. The van der Waals surface area contributed by atoms with Gasteiger partial charge in [0.05, 0.1) is 30.8 Å². The Hall–Kier alpha value is -3.19. The molecule has 0 radical (unpaired) electrons. The van der Waals surface area contributed by atoms with Gasteiger partial charge in [0.1, 0.15) is 18.0 Å². The van der Waals surface area contributed by atoms with Gasteiger partial charge in [0.25, 0.3) is 0 Å². The SMILES string of the molecule is O=CN1CC(Oc2ncccc2C2=CCOCC2)C1c1nc2ccccc2[nH]1. The first kappa shape index (κ1) is 16.9. The first-order valence-corrected chi connectivity index (χ1v) is 9.38. The third kappa shape index (κ3) is 2.93. The van der Waals surface area contributed by atoms with Crippen molar-refractivity contribution in [1.82, 2.24) is 19.9 Å². The highest BCUT2D eigenvalue weighted by Gasteiger charge is 2.43. The van der Waals surface area contributed by atoms with Crippen LogP contribution in [0.25, 0.3) is 16.6 Å². The summed E-state index contributed by atoms with van der Waals surface area (Å²) in [5.41, 5.74) is 3.99. The average molecular weight is 376 g/mol. The number of nitrogens with one attached hydrogen (secondary N) is 1. The lowest BCUT2D eigenvalue weighted by molar-refractivity contribution is -0.135. The summed E-state index contributed by atoms with van der Waals surface area (Å²) in [5, 5.41) is 0. The van der Waals surface area contributed by atoms with E-state index in [2.05, 4.69) is 21.0 Å². The molecule has 7 heteroatoms. The fraction of sp³-hybridized carbons (Fsp3) is 0.286. The molecule has 2 aliphatic heterocycles. The van der Waals surface area contributed by atoms with E-state index in [1.54, 1.807) is 11.1 Å². The predicted octanol–water partition coefficient (Wildman–Crippen LogP) is 2.72. The standard InChI is InChI=1S/C21H20N4O3/c26-13-25-12-18(19(25)20-23-16-5-1-2-6-17(16)24-20)28-21-15(4-3-9-22-21)14-7-10-27-11-8-14/h1-7,9,13,18-19H,8,10-12H2,(H,23,24). The van der Waals surface area contributed by atoms with Crippen molar-refractivity contribution in [1.29, 1.82) is 0 Å². The van der Waals surface area contributed by atoms with Crippen LogP contribution in [0.3, 0.4) is 0 Å². The number of imidazole rings is 1. The first-order chi connectivity index (χ1) is 13.8. The summed E-state index contributed by atoms with van der Waals surface area (Å²) < 4.78 is 11.7. The number of rotatable bonds is 5. The van der Waals surface area contributed by atoms with E-state index >= 15 is 0 Å². The predicted molar refractivity (Wildman–Crippen MR) is 104 cm³/mol. The van der Waals surface area contributed by atoms with Crippen LogP contribution in [-0.4, -0.2) is 52.1 Å². The lowest BCUT2D eigenvalue weighted by Crippen LogP contribution is -2.56. The molecule has 1 fully saturated rings. The molecule has 1 N–H and O–H groups in total. The molecule has 1 amide bonds. The number of para-hydroxylation sites is 2. The van der Waals surface area contributed by atoms with Crippen molar-refractivity contribution in [3.8, 4) is 5.88 Å². The van der Waals surface area contributed by atoms with Gasteiger partial charge in [-0.3, -0.25) is 4.79 Å². The van der Waals surface area contributed by atoms with Crippen LogP contribution in [0.5, 0.6) is 5.88 Å². The van der Waals surface area contributed by atoms with Crippen molar-refractivity contribution in [2.75, 3.05) is 19.8 Å². The van der Waals surface area contributed by atoms with E-state index in [0.717, 1.165) is 35.3 Å². The highest BCUT2D eigenvalue weighted by Crippen LogP contribution is 2.36. The largest absolute Gasteiger partial charge is 0.469 e. The number of H-pyrrole nitrogens is 1. The number of hydrogen-bond donors (Lipinski definition) is 1. The third-order valence-corrected chi connectivity index (χ3v) is 5.27. The zero-order valence-electron chi connectivity index (χ0n) is 15.2. The molecule has 5 rings (SSSR count). The number of benzene rings is 1. The number of pyridine rings is 1. The summed E-state index contributed by atoms with van der Waals surface area (Å²) in [6.45, 7) is 1.81. The van der Waals surface area contributed by atoms with E-state index in [1.807, 2.05) is 36.4 Å². The van der Waals surface area contributed by atoms with E-state index < -0.39 is 0 Å². The van der Waals surface area contributed by atoms with E-state index in [4.69, 9.17) is 9.47 Å². The number of aromatic amines is 1. The maximum absolute atomic E-state index is 11.5. The lowest BCUT2D eigenvalue weighted by Gasteiger charge is -2.44. The summed E-state index contributed by atoms with van der Waals surface area (Å²) in [7, 11) is 0. The molecule has 0 bridgehead atoms. The topological polar surface area (TPSA) is 80.3 Å². The fourth-order valence-corrected chi connectivity index (χ4v) is 3.80. The highest BCUT2D eigenvalue weighted by molar-refractivity contribution is 5.75. The van der Waals surface area contributed by atoms with E-state index in [1.165, 1.54) is 5.57 Å². The minimum Gasteiger partial charge on any atom is -0.469 e. The van der Waals surface area contributed by atoms with Crippen LogP contribution in [0, 0.1) is 0 Å². The van der Waals surface area contributed by atoms with Crippen LogP contribution in [0.4, 0.5) is 0 Å². The van der Waals surface area contributed by atoms with Crippen molar-refractivity contribution in [2.45, 2.75) is 18.6 Å². The molecule has 2 unspecified atom stereocenters. The smallest absolute Gasteiger partial charge is 0.221 e. The zero-order chi connectivity index (χ0) is 18.9. The zero-order valence-corrected chi connectivity index (χ0v) is 15.2. The van der Waals surface area contributed by atoms with Crippen LogP contribution in [0.15, 0.2) is 48.7 Å². The number of hydrogen-bond acceptors (Lipinski definition) is 5. The first-order valence-electron chi connectivity index (χ1n) is 9.38. The lowest BCUT2D eigenvalue weighted by atomic mass is 9.99. The number of aromatic nitrogens is 3. The molecule has 0 aliphatic carbocycles. The van der Waals surface area contributed by atoms with E-state index in [-0.39, 0.29) is 12.1 Å². The molecular weight excluding hydrogens is 356 g/mol. The number of amides is 1. The fourth-order valence-electron chi connectivity index (χ4n) is 3.80. The second-order valence-corrected chi connectivity index (χ2v) is 6.95. The number of fused-ring (bicyclic) bond motifs is 1. The van der Waals surface area contributed by atoms with Crippen molar-refractivity contribution < 1.29 is 14.3 Å². The van der Waals surface area contributed by atoms with Crippen LogP contribution in [-0.2, 0) is 9.53 Å². The number of ether oxygens (including phenoxy) is 2. The summed E-state index contributed by atoms with van der Waals surface area (Å²) in [6, 6.07) is 11.5. The van der Waals surface area contributed by atoms with Crippen molar-refractivity contribution in [3.05, 3.63) is 60.1 Å². The molecule has 2 aromatic heterocycles. The van der Waals surface area contributed by atoms with Gasteiger partial charge in [0.15, 0.2) is 0 Å². The maximum Gasteiger partial charge on any atom is 0.221 e. The molecule has 1 aromatic carbocycles. The summed E-state index contributed by atoms with van der Waals surface area (Å²) >= 11 is 0. The summed E-state index contributed by atoms with van der Waals surface area (Å²) in [5.74, 6) is 1.32. The van der Waals surface area contributed by atoms with Gasteiger partial charge in [-0.2, -0.15) is 0 Å². The number of carbonyl (C=O) groups excluding carboxylic acids is 1. The molecule has 3 aromatic rings. The molecular formula is C21H20N4O3. The second-order valence-electron chi connectivity index (χ2n) is 6.95. The quantitative estimate of drug-likeness (QED) is 0.693. The van der Waals surface area contributed by atoms with Crippen LogP contribution < -0.4 is 4.74 Å². The van der Waals surface area contributed by atoms with Crippen LogP contribution in [0.2, 0.25) is 0 Å². The Bertz CT molecular complexity index is 1010. The normalized spacial score (nSPS) is 21.9. The van der Waals surface area contributed by atoms with Gasteiger partial charge in [0.2, 0.25) is 12.3 Å². The van der Waals surface area contributed by atoms with Gasteiger partial charge < -0.3 is 19.4 Å². The molecule has 4 heterocycles. The van der Waals surface area contributed by atoms with Gasteiger partial charge in [0, 0.05) is 11.8 Å². The highest BCUT2D eigenvalue weighted by atomic mass is 16.5. The average Bonchev–Trinajstić information content (AvgIpc) is 3.14. The van der Waals surface area contributed by atoms with E-state index in [9.17, 15) is 4.79 Å². The van der Waals surface area contributed by atoms with E-state index in [0.29, 0.717) is 25.6 Å². The molecule has 1 saturated heterocycles. The summed E-state index contributed by atoms with van der Waals surface area (Å²) in [6.07, 6.45) is 5.27. The Kier molecular flexibility index (Phi) is 4.29. The second kappa shape index (κ2) is 7.09. The molecule has 28 heavy (non-hydrogen) atoms. The van der Waals surface area contributed by atoms with Gasteiger partial charge in [-0.05, 0) is 36.3 Å². The Morgan fingerprint density at radius 1 is 1.25 bits per heavy atom. The van der Waals surface area contributed by atoms with Crippen molar-refractivity contribution in [2.24, 2.45) is 0 Å². The monoisotopic (exact) mass is 376 g/mol. The van der Waals surface area contributed by atoms with Gasteiger partial charge in [-0.1, -0.05) is 18.2 Å². The molecule has 0 saturated carbocycles. The Balaban J connectivity index is 1.44. The minimum atomic E-state index is -0.261. The van der Waals surface area contributed by atoms with Gasteiger partial charge >= 0.3 is 0 Å². The number of nitrogens with zero attached hydrogens (tertiary/aromatic N) is 3. The maximum atomic E-state index is 11.5. The number of likely N-dealkylation sites (tertiary alicyclic amines) is 1. The molecule has 2 atom stereocenters. The summed E-state index contributed by atoms with van der Waals surface area (Å²) in [4.78, 5) is 25.6. The minimum absolute atomic E-state index is 0.208. The van der Waals surface area contributed by atoms with Crippen molar-refractivity contribution >= 4 is 23.0 Å². The van der Waals surface area contributed by atoms with Crippen LogP contribution in [0.1, 0.15) is 23.9 Å². The third-order valence-electron chi connectivity index (χ3n) is 5.27. The Labute approximate surface area is 162 Å². The Morgan fingerprint density at radius 3 is 3.00 bits per heavy atom. The Morgan fingerprint density at radius 2 is 2.18 bits per heavy atom. The molecule has 2 aliphatic rings. The molecule has 7 nitrogen and oxygen atoms in total. The van der Waals surface area contributed by atoms with Crippen molar-refractivity contribution in [3.63, 3.8) is 0 Å².